The van der Waals surface area contributed by atoms with Gasteiger partial charge in [0.05, 0.1) is 7.11 Å². The summed E-state index contributed by atoms with van der Waals surface area (Å²) in [7, 11) is 1.38. The lowest BCUT2D eigenvalue weighted by molar-refractivity contribution is 0.0594. The Balaban J connectivity index is 1.97. The van der Waals surface area contributed by atoms with E-state index in [0.717, 1.165) is 5.69 Å². The van der Waals surface area contributed by atoms with Crippen molar-refractivity contribution in [2.45, 2.75) is 26.4 Å². The molecule has 0 spiro atoms. The lowest BCUT2D eigenvalue weighted by Crippen LogP contribution is -2.19. The molecule has 0 aliphatic heterocycles. The Hall–Kier alpha value is -2.07. The number of methoxy groups -OCH3 is 1. The molecule has 0 aliphatic rings. The zero-order valence-electron chi connectivity index (χ0n) is 12.1. The summed E-state index contributed by atoms with van der Waals surface area (Å²) in [6.07, 6.45) is 0. The molecule has 4 heteroatoms. The molecule has 0 unspecified atom stereocenters. The second kappa shape index (κ2) is 6.39. The highest BCUT2D eigenvalue weighted by atomic mass is 16.5. The highest BCUT2D eigenvalue weighted by Gasteiger charge is 2.10. The summed E-state index contributed by atoms with van der Waals surface area (Å²) < 4.78 is 4.67. The first-order valence-electron chi connectivity index (χ1n) is 6.67. The van der Waals surface area contributed by atoms with E-state index in [4.69, 9.17) is 0 Å². The largest absolute Gasteiger partial charge is 0.464 e. The average Bonchev–Trinajstić information content (AvgIpc) is 2.93. The van der Waals surface area contributed by atoms with Crippen molar-refractivity contribution in [3.05, 3.63) is 58.9 Å². The number of aromatic nitrogens is 1. The van der Waals surface area contributed by atoms with Gasteiger partial charge in [0.15, 0.2) is 0 Å². The molecule has 2 rings (SSSR count). The Labute approximate surface area is 119 Å². The van der Waals surface area contributed by atoms with Gasteiger partial charge in [-0.25, -0.2) is 4.79 Å². The van der Waals surface area contributed by atoms with E-state index in [1.165, 1.54) is 18.2 Å². The SMILES string of the molecule is COC(=O)c1ccc(CN[C@H](C)c2ccccc2C)[nH]1. The van der Waals surface area contributed by atoms with Crippen molar-refractivity contribution in [2.75, 3.05) is 7.11 Å². The van der Waals surface area contributed by atoms with Gasteiger partial charge in [0.1, 0.15) is 5.69 Å². The van der Waals surface area contributed by atoms with Crippen molar-refractivity contribution in [1.82, 2.24) is 10.3 Å². The molecular formula is C16H20N2O2. The maximum Gasteiger partial charge on any atom is 0.354 e. The van der Waals surface area contributed by atoms with Crippen LogP contribution in [-0.4, -0.2) is 18.1 Å². The smallest absolute Gasteiger partial charge is 0.354 e. The third kappa shape index (κ3) is 3.27. The fourth-order valence-corrected chi connectivity index (χ4v) is 2.22. The summed E-state index contributed by atoms with van der Waals surface area (Å²) in [6, 6.07) is 12.2. The van der Waals surface area contributed by atoms with Gasteiger partial charge in [-0.05, 0) is 37.1 Å². The molecule has 2 aromatic rings. The zero-order chi connectivity index (χ0) is 14.5. The minimum absolute atomic E-state index is 0.251. The fourth-order valence-electron chi connectivity index (χ4n) is 2.22. The number of nitrogens with one attached hydrogen (secondary N) is 2. The van der Waals surface area contributed by atoms with Crippen molar-refractivity contribution < 1.29 is 9.53 Å². The van der Waals surface area contributed by atoms with E-state index in [2.05, 4.69) is 41.0 Å². The van der Waals surface area contributed by atoms with Crippen LogP contribution in [0.2, 0.25) is 0 Å². The molecule has 1 aromatic heterocycles. The van der Waals surface area contributed by atoms with Gasteiger partial charge in [-0.15, -0.1) is 0 Å². The summed E-state index contributed by atoms with van der Waals surface area (Å²) in [5, 5.41) is 3.44. The number of H-pyrrole nitrogens is 1. The number of rotatable bonds is 5. The first-order valence-corrected chi connectivity index (χ1v) is 6.67. The molecule has 4 nitrogen and oxygen atoms in total. The maximum absolute atomic E-state index is 11.4. The van der Waals surface area contributed by atoms with Crippen molar-refractivity contribution in [2.24, 2.45) is 0 Å². The summed E-state index contributed by atoms with van der Waals surface area (Å²) in [5.74, 6) is -0.344. The molecule has 1 heterocycles. The second-order valence-corrected chi connectivity index (χ2v) is 4.85. The highest BCUT2D eigenvalue weighted by molar-refractivity contribution is 5.87. The van der Waals surface area contributed by atoms with Crippen LogP contribution in [0.15, 0.2) is 36.4 Å². The van der Waals surface area contributed by atoms with E-state index in [1.807, 2.05) is 18.2 Å². The van der Waals surface area contributed by atoms with Crippen LogP contribution in [0.4, 0.5) is 0 Å². The van der Waals surface area contributed by atoms with Crippen LogP contribution in [0, 0.1) is 6.92 Å². The molecule has 20 heavy (non-hydrogen) atoms. The van der Waals surface area contributed by atoms with Crippen LogP contribution >= 0.6 is 0 Å². The summed E-state index contributed by atoms with van der Waals surface area (Å²) in [4.78, 5) is 14.4. The van der Waals surface area contributed by atoms with Crippen LogP contribution in [0.3, 0.4) is 0 Å². The van der Waals surface area contributed by atoms with Crippen LogP contribution in [0.5, 0.6) is 0 Å². The number of ether oxygens (including phenoxy) is 1. The Morgan fingerprint density at radius 1 is 1.30 bits per heavy atom. The number of aromatic amines is 1. The number of carbonyl (C=O) groups is 1. The van der Waals surface area contributed by atoms with Gasteiger partial charge in [-0.2, -0.15) is 0 Å². The molecule has 1 aromatic carbocycles. The first-order chi connectivity index (χ1) is 9.61. The number of benzene rings is 1. The van der Waals surface area contributed by atoms with Crippen LogP contribution < -0.4 is 5.32 Å². The molecule has 106 valence electrons. The third-order valence-corrected chi connectivity index (χ3v) is 3.41. The molecule has 0 amide bonds. The number of hydrogen-bond donors (Lipinski definition) is 2. The minimum Gasteiger partial charge on any atom is -0.464 e. The quantitative estimate of drug-likeness (QED) is 0.823. The molecule has 0 radical (unpaired) electrons. The van der Waals surface area contributed by atoms with Crippen molar-refractivity contribution >= 4 is 5.97 Å². The maximum atomic E-state index is 11.4. The molecule has 2 N–H and O–H groups in total. The van der Waals surface area contributed by atoms with E-state index in [-0.39, 0.29) is 12.0 Å². The highest BCUT2D eigenvalue weighted by Crippen LogP contribution is 2.17. The monoisotopic (exact) mass is 272 g/mol. The normalized spacial score (nSPS) is 12.2. The lowest BCUT2D eigenvalue weighted by atomic mass is 10.0. The summed E-state index contributed by atoms with van der Waals surface area (Å²) in [6.45, 7) is 4.91. The van der Waals surface area contributed by atoms with Gasteiger partial charge < -0.3 is 15.0 Å². The van der Waals surface area contributed by atoms with Gasteiger partial charge in [-0.3, -0.25) is 0 Å². The van der Waals surface area contributed by atoms with Crippen molar-refractivity contribution in [3.8, 4) is 0 Å². The zero-order valence-corrected chi connectivity index (χ0v) is 12.1. The van der Waals surface area contributed by atoms with Crippen LogP contribution in [0.25, 0.3) is 0 Å². The molecule has 0 fully saturated rings. The number of carbonyl (C=O) groups excluding carboxylic acids is 1. The molecule has 0 bridgehead atoms. The summed E-state index contributed by atoms with van der Waals surface area (Å²) >= 11 is 0. The molecule has 0 saturated carbocycles. The molecule has 0 aliphatic carbocycles. The average molecular weight is 272 g/mol. The molecule has 1 atom stereocenters. The van der Waals surface area contributed by atoms with Gasteiger partial charge in [0.2, 0.25) is 0 Å². The van der Waals surface area contributed by atoms with Gasteiger partial charge >= 0.3 is 5.97 Å². The number of hydrogen-bond acceptors (Lipinski definition) is 3. The predicted molar refractivity (Wildman–Crippen MR) is 78.6 cm³/mol. The molecular weight excluding hydrogens is 252 g/mol. The van der Waals surface area contributed by atoms with Gasteiger partial charge in [0, 0.05) is 18.3 Å². The Morgan fingerprint density at radius 2 is 2.05 bits per heavy atom. The van der Waals surface area contributed by atoms with E-state index in [0.29, 0.717) is 12.2 Å². The second-order valence-electron chi connectivity index (χ2n) is 4.85. The number of esters is 1. The molecule has 0 saturated heterocycles. The third-order valence-electron chi connectivity index (χ3n) is 3.41. The first kappa shape index (κ1) is 14.3. The van der Waals surface area contributed by atoms with E-state index in [1.54, 1.807) is 6.07 Å². The summed E-state index contributed by atoms with van der Waals surface area (Å²) in [5.41, 5.74) is 4.00. The topological polar surface area (TPSA) is 54.1 Å². The number of aryl methyl sites for hydroxylation is 1. The Bertz CT molecular complexity index is 590. The van der Waals surface area contributed by atoms with E-state index < -0.39 is 0 Å². The standard InChI is InChI=1S/C16H20N2O2/c1-11-6-4-5-7-14(11)12(2)17-10-13-8-9-15(18-13)16(19)20-3/h4-9,12,17-18H,10H2,1-3H3/t12-/m1/s1. The minimum atomic E-state index is -0.344. The lowest BCUT2D eigenvalue weighted by Gasteiger charge is -2.16. The van der Waals surface area contributed by atoms with Gasteiger partial charge in [0.25, 0.3) is 0 Å². The van der Waals surface area contributed by atoms with Crippen molar-refractivity contribution in [1.29, 1.82) is 0 Å². The van der Waals surface area contributed by atoms with Crippen LogP contribution in [-0.2, 0) is 11.3 Å². The Morgan fingerprint density at radius 3 is 2.75 bits per heavy atom. The van der Waals surface area contributed by atoms with Gasteiger partial charge in [-0.1, -0.05) is 24.3 Å². The Kier molecular flexibility index (Phi) is 4.58. The van der Waals surface area contributed by atoms with Crippen LogP contribution in [0.1, 0.15) is 40.3 Å². The van der Waals surface area contributed by atoms with Crippen molar-refractivity contribution in [3.63, 3.8) is 0 Å². The fraction of sp³-hybridized carbons (Fsp3) is 0.312. The van der Waals surface area contributed by atoms with E-state index >= 15 is 0 Å². The van der Waals surface area contributed by atoms with E-state index in [9.17, 15) is 4.79 Å². The predicted octanol–water partition coefficient (Wildman–Crippen LogP) is 2.96.